The van der Waals surface area contributed by atoms with E-state index in [-0.39, 0.29) is 52.5 Å². The zero-order chi connectivity index (χ0) is 28.6. The Labute approximate surface area is 227 Å². The van der Waals surface area contributed by atoms with Crippen LogP contribution in [0.3, 0.4) is 0 Å². The van der Waals surface area contributed by atoms with Crippen molar-refractivity contribution in [1.29, 1.82) is 0 Å². The number of aliphatic hydroxyl groups is 1. The summed E-state index contributed by atoms with van der Waals surface area (Å²) in [7, 11) is 0. The van der Waals surface area contributed by atoms with Crippen molar-refractivity contribution in [2.75, 3.05) is 6.61 Å². The van der Waals surface area contributed by atoms with Crippen LogP contribution in [0.2, 0.25) is 0 Å². The molecule has 1 fully saturated rings. The largest absolute Gasteiger partial charge is 0.491 e. The number of fused-ring (bicyclic) bond motifs is 2. The number of pyridine rings is 1. The summed E-state index contributed by atoms with van der Waals surface area (Å²) < 4.78 is 41.1. The maximum absolute atomic E-state index is 13.7. The number of amides is 2. The fraction of sp³-hybridized carbons (Fsp3) is 0.407. The molecule has 11 nitrogen and oxygen atoms in total. The maximum Gasteiger partial charge on any atom is 0.333 e. The monoisotopic (exact) mass is 556 g/mol. The van der Waals surface area contributed by atoms with Crippen LogP contribution in [0.5, 0.6) is 11.6 Å². The van der Waals surface area contributed by atoms with Crippen LogP contribution < -0.4 is 20.5 Å². The van der Waals surface area contributed by atoms with Gasteiger partial charge in [-0.2, -0.15) is 13.9 Å². The van der Waals surface area contributed by atoms with E-state index in [0.717, 1.165) is 0 Å². The molecule has 5 rings (SSSR count). The van der Waals surface area contributed by atoms with E-state index in [1.165, 1.54) is 16.6 Å². The van der Waals surface area contributed by atoms with E-state index >= 15 is 0 Å². The number of aromatic nitrogens is 4. The predicted molar refractivity (Wildman–Crippen MR) is 141 cm³/mol. The van der Waals surface area contributed by atoms with Crippen molar-refractivity contribution in [2.45, 2.75) is 63.8 Å². The molecule has 3 aromatic heterocycles. The van der Waals surface area contributed by atoms with Crippen LogP contribution in [0.4, 0.5) is 8.78 Å². The molecule has 1 aliphatic carbocycles. The van der Waals surface area contributed by atoms with E-state index in [9.17, 15) is 23.5 Å². The molecule has 0 saturated heterocycles. The van der Waals surface area contributed by atoms with Crippen LogP contribution in [0, 0.1) is 0 Å². The molecule has 4 N–H and O–H groups in total. The number of nitrogens with one attached hydrogen (secondary N) is 1. The second-order valence-corrected chi connectivity index (χ2v) is 10.5. The van der Waals surface area contributed by atoms with Gasteiger partial charge in [0.05, 0.1) is 16.6 Å². The minimum absolute atomic E-state index is 0.0396. The molecule has 0 bridgehead atoms. The van der Waals surface area contributed by atoms with E-state index in [0.29, 0.717) is 35.9 Å². The minimum Gasteiger partial charge on any atom is -0.491 e. The predicted octanol–water partition coefficient (Wildman–Crippen LogP) is 3.45. The molecular formula is C27H30F2N6O5. The van der Waals surface area contributed by atoms with Gasteiger partial charge in [-0.15, -0.1) is 5.10 Å². The van der Waals surface area contributed by atoms with Gasteiger partial charge in [0.15, 0.2) is 5.69 Å². The number of nitrogens with zero attached hydrogens (tertiary/aromatic N) is 4. The third kappa shape index (κ3) is 5.69. The fourth-order valence-electron chi connectivity index (χ4n) is 4.81. The molecule has 40 heavy (non-hydrogen) atoms. The van der Waals surface area contributed by atoms with Crippen molar-refractivity contribution in [3.8, 4) is 11.6 Å². The molecule has 1 saturated carbocycles. The minimum atomic E-state index is -2.97. The molecule has 0 spiro atoms. The van der Waals surface area contributed by atoms with Crippen LogP contribution in [0.25, 0.3) is 16.4 Å². The molecule has 3 heterocycles. The van der Waals surface area contributed by atoms with Crippen molar-refractivity contribution in [2.24, 2.45) is 5.73 Å². The Morgan fingerprint density at radius 3 is 2.58 bits per heavy atom. The van der Waals surface area contributed by atoms with Gasteiger partial charge in [-0.3, -0.25) is 9.59 Å². The lowest BCUT2D eigenvalue weighted by molar-refractivity contribution is 0.0284. The number of carbonyl (C=O) groups excluding carboxylic acids is 2. The Kier molecular flexibility index (Phi) is 7.32. The highest BCUT2D eigenvalue weighted by molar-refractivity contribution is 6.05. The highest BCUT2D eigenvalue weighted by atomic mass is 19.3. The maximum atomic E-state index is 13.7. The highest BCUT2D eigenvalue weighted by Gasteiger charge is 2.29. The number of benzene rings is 1. The van der Waals surface area contributed by atoms with Crippen molar-refractivity contribution in [3.05, 3.63) is 53.9 Å². The molecule has 0 unspecified atom stereocenters. The lowest BCUT2D eigenvalue weighted by Gasteiger charge is -2.28. The summed E-state index contributed by atoms with van der Waals surface area (Å²) >= 11 is 0. The molecule has 2 amide bonds. The third-order valence-electron chi connectivity index (χ3n) is 6.71. The Morgan fingerprint density at radius 1 is 1.15 bits per heavy atom. The number of ether oxygens (including phenoxy) is 2. The summed E-state index contributed by atoms with van der Waals surface area (Å²) in [4.78, 5) is 25.1. The molecule has 212 valence electrons. The Hall–Kier alpha value is -4.26. The number of carbonyl (C=O) groups is 2. The summed E-state index contributed by atoms with van der Waals surface area (Å²) in [6.45, 7) is 0.122. The number of hydrogen-bond donors (Lipinski definition) is 3. The lowest BCUT2D eigenvalue weighted by atomic mass is 9.92. The van der Waals surface area contributed by atoms with Gasteiger partial charge in [0.2, 0.25) is 5.88 Å². The van der Waals surface area contributed by atoms with Crippen LogP contribution >= 0.6 is 0 Å². The van der Waals surface area contributed by atoms with Crippen LogP contribution in [-0.4, -0.2) is 60.7 Å². The van der Waals surface area contributed by atoms with Gasteiger partial charge in [-0.1, -0.05) is 6.07 Å². The van der Waals surface area contributed by atoms with Gasteiger partial charge in [-0.05, 0) is 63.8 Å². The van der Waals surface area contributed by atoms with Crippen molar-refractivity contribution in [3.63, 3.8) is 0 Å². The first-order valence-corrected chi connectivity index (χ1v) is 12.9. The Balaban J connectivity index is 1.25. The molecule has 1 aromatic carbocycles. The first kappa shape index (κ1) is 27.3. The van der Waals surface area contributed by atoms with Gasteiger partial charge < -0.3 is 25.6 Å². The molecule has 0 radical (unpaired) electrons. The van der Waals surface area contributed by atoms with E-state index in [1.807, 2.05) is 0 Å². The quantitative estimate of drug-likeness (QED) is 0.286. The number of rotatable bonds is 9. The average molecular weight is 557 g/mol. The topological polar surface area (TPSA) is 146 Å². The molecule has 4 aromatic rings. The van der Waals surface area contributed by atoms with Gasteiger partial charge in [-0.25, -0.2) is 9.20 Å². The Bertz CT molecular complexity index is 1550. The number of hydrogen-bond acceptors (Lipinski definition) is 7. The van der Waals surface area contributed by atoms with Crippen molar-refractivity contribution >= 4 is 28.2 Å². The number of alkyl halides is 2. The smallest absolute Gasteiger partial charge is 0.333 e. The van der Waals surface area contributed by atoms with Crippen LogP contribution in [0.1, 0.15) is 66.9 Å². The molecule has 0 aliphatic heterocycles. The van der Waals surface area contributed by atoms with E-state index in [4.69, 9.17) is 15.2 Å². The first-order chi connectivity index (χ1) is 19.0. The number of halogens is 2. The lowest BCUT2D eigenvalue weighted by Crippen LogP contribution is -2.40. The number of nitrogens with two attached hydrogens (primary N) is 1. The van der Waals surface area contributed by atoms with Gasteiger partial charge in [0, 0.05) is 23.7 Å². The molecule has 13 heteroatoms. The van der Waals surface area contributed by atoms with Gasteiger partial charge in [0.1, 0.15) is 24.0 Å². The van der Waals surface area contributed by atoms with Crippen molar-refractivity contribution < 1.29 is 33.0 Å². The van der Waals surface area contributed by atoms with E-state index < -0.39 is 24.0 Å². The zero-order valence-electron chi connectivity index (χ0n) is 22.0. The number of primary amides is 1. The zero-order valence-corrected chi connectivity index (χ0v) is 22.0. The first-order valence-electron chi connectivity index (χ1n) is 12.9. The van der Waals surface area contributed by atoms with E-state index in [1.54, 1.807) is 44.3 Å². The summed E-state index contributed by atoms with van der Waals surface area (Å²) in [6, 6.07) is 9.50. The fourth-order valence-corrected chi connectivity index (χ4v) is 4.81. The average Bonchev–Trinajstić information content (AvgIpc) is 3.46. The summed E-state index contributed by atoms with van der Waals surface area (Å²) in [5, 5.41) is 21.3. The second-order valence-electron chi connectivity index (χ2n) is 10.5. The summed E-state index contributed by atoms with van der Waals surface area (Å²) in [6.07, 6.45) is 3.74. The standard InChI is InChI=1S/C27H30F2N6O5/c1-27(2,38)14-39-17-10-11-18-20(13-17)35(26(28)29)32-22(18)24(37)31-15-6-8-16(9-7-15)40-25-21(23(30)36)19-5-3-4-12-34(19)33-25/h3-5,10-13,15-16,26,38H,6-9,14H2,1-2H3,(H2,30,36)(H,31,37)/t15-,16-. The SMILES string of the molecule is CC(C)(O)COc1ccc2c(C(=O)N[C@H]3CC[C@H](Oc4nn5ccccc5c4C(N)=O)CC3)nn(C(F)F)c2c1. The molecular weight excluding hydrogens is 526 g/mol. The molecule has 0 atom stereocenters. The normalized spacial score (nSPS) is 17.9. The van der Waals surface area contributed by atoms with Gasteiger partial charge in [0.25, 0.3) is 11.8 Å². The van der Waals surface area contributed by atoms with Crippen LogP contribution in [-0.2, 0) is 0 Å². The van der Waals surface area contributed by atoms with Crippen molar-refractivity contribution in [1.82, 2.24) is 24.7 Å². The summed E-state index contributed by atoms with van der Waals surface area (Å²) in [5.74, 6) is -0.758. The highest BCUT2D eigenvalue weighted by Crippen LogP contribution is 2.30. The third-order valence-corrected chi connectivity index (χ3v) is 6.71. The summed E-state index contributed by atoms with van der Waals surface area (Å²) in [5.41, 5.74) is 5.16. The second kappa shape index (κ2) is 10.7. The van der Waals surface area contributed by atoms with E-state index in [2.05, 4.69) is 15.5 Å². The molecule has 1 aliphatic rings. The van der Waals surface area contributed by atoms with Gasteiger partial charge >= 0.3 is 6.55 Å². The Morgan fingerprint density at radius 2 is 1.90 bits per heavy atom. The van der Waals surface area contributed by atoms with Crippen LogP contribution in [0.15, 0.2) is 42.6 Å².